The fourth-order valence-electron chi connectivity index (χ4n) is 7.57. The molecule has 2 aromatic carbocycles. The number of ether oxygens (including phenoxy) is 2. The molecule has 7 rings (SSSR count). The Morgan fingerprint density at radius 2 is 1.68 bits per heavy atom. The normalized spacial score (nSPS) is 15.6. The topological polar surface area (TPSA) is 123 Å². The minimum atomic E-state index is -1.48. The van der Waals surface area contributed by atoms with Gasteiger partial charge in [0.1, 0.15) is 18.1 Å². The molecular weight excluding hydrogens is 737 g/mol. The third-order valence-corrected chi connectivity index (χ3v) is 14.2. The van der Waals surface area contributed by atoms with E-state index in [0.29, 0.717) is 55.5 Å². The summed E-state index contributed by atoms with van der Waals surface area (Å²) in [5.41, 5.74) is 7.13. The first-order valence-corrected chi connectivity index (χ1v) is 27.5. The van der Waals surface area contributed by atoms with Gasteiger partial charge in [0, 0.05) is 77.1 Å². The fourth-order valence-corrected chi connectivity index (χ4v) is 9.05. The van der Waals surface area contributed by atoms with Crippen LogP contribution in [-0.2, 0) is 42.1 Å². The van der Waals surface area contributed by atoms with Crippen molar-refractivity contribution in [3.63, 3.8) is 0 Å². The highest BCUT2D eigenvalue weighted by atomic mass is 28.3. The molecule has 0 fully saturated rings. The highest BCUT2D eigenvalue weighted by Crippen LogP contribution is 2.39. The van der Waals surface area contributed by atoms with E-state index in [1.807, 2.05) is 46.0 Å². The molecule has 0 bridgehead atoms. The van der Waals surface area contributed by atoms with Crippen LogP contribution in [0.3, 0.4) is 0 Å². The van der Waals surface area contributed by atoms with Gasteiger partial charge in [-0.3, -0.25) is 19.2 Å². The number of fused-ring (bicyclic) bond motifs is 4. The molecule has 1 unspecified atom stereocenters. The van der Waals surface area contributed by atoms with Crippen LogP contribution in [0.2, 0.25) is 51.4 Å². The SMILES string of the molecule is CCc1cccc(C(OCC[Si](C)(C)C)N2CCc3c([nH]c4ccccc34)C2=O)c1-c1cc(Nc2cc3n(n2)CCN(C)C3)c(=O)n(COCC[Si](C)(C)C)n1. The van der Waals surface area contributed by atoms with Gasteiger partial charge < -0.3 is 24.7 Å². The molecule has 0 spiro atoms. The Morgan fingerprint density at radius 1 is 0.911 bits per heavy atom. The molecule has 0 aliphatic carbocycles. The van der Waals surface area contributed by atoms with Gasteiger partial charge >= 0.3 is 0 Å². The molecule has 2 N–H and O–H groups in total. The zero-order chi connectivity index (χ0) is 39.8. The van der Waals surface area contributed by atoms with E-state index in [1.54, 1.807) is 0 Å². The summed E-state index contributed by atoms with van der Waals surface area (Å²) in [7, 11) is -0.738. The second kappa shape index (κ2) is 16.3. The standard InChI is InChI=1S/C42H58N8O4Si2/c1-9-29-13-12-15-33(42(54-22-24-56(6,7)8)48-18-17-32-31-14-10-11-16-34(31)44-39(32)41(48)52)38(29)35-26-36(40(51)50(45-35)28-53-21-23-55(3,4)5)43-37-25-30-27-47(2)19-20-49(30)46-37/h10-16,25-26,42,44H,9,17-24,27-28H2,1-8H3,(H,43,46). The number of H-pyrrole nitrogens is 1. The molecule has 1 atom stereocenters. The van der Waals surface area contributed by atoms with Gasteiger partial charge in [0.05, 0.1) is 17.9 Å². The van der Waals surface area contributed by atoms with Gasteiger partial charge in [0.25, 0.3) is 11.5 Å². The van der Waals surface area contributed by atoms with Crippen LogP contribution < -0.4 is 10.9 Å². The molecule has 12 nitrogen and oxygen atoms in total. The number of aryl methyl sites for hydroxylation is 1. The zero-order valence-electron chi connectivity index (χ0n) is 34.4. The largest absolute Gasteiger partial charge is 0.359 e. The summed E-state index contributed by atoms with van der Waals surface area (Å²) in [6, 6.07) is 20.1. The van der Waals surface area contributed by atoms with Crippen LogP contribution in [0.4, 0.5) is 11.5 Å². The van der Waals surface area contributed by atoms with E-state index in [9.17, 15) is 9.59 Å². The molecule has 5 heterocycles. The highest BCUT2D eigenvalue weighted by molar-refractivity contribution is 6.76. The lowest BCUT2D eigenvalue weighted by atomic mass is 9.93. The number of para-hydroxylation sites is 1. The van der Waals surface area contributed by atoms with E-state index in [1.165, 1.54) is 4.68 Å². The maximum absolute atomic E-state index is 14.6. The molecule has 2 aliphatic rings. The summed E-state index contributed by atoms with van der Waals surface area (Å²) in [5.74, 6) is 0.527. The number of aromatic nitrogens is 5. The number of benzene rings is 2. The van der Waals surface area contributed by atoms with Crippen LogP contribution in [0.5, 0.6) is 0 Å². The average molecular weight is 795 g/mol. The van der Waals surface area contributed by atoms with Crippen molar-refractivity contribution in [2.75, 3.05) is 38.7 Å². The van der Waals surface area contributed by atoms with Crippen LogP contribution in [0.25, 0.3) is 22.2 Å². The molecule has 298 valence electrons. The lowest BCUT2D eigenvalue weighted by molar-refractivity contribution is -0.0446. The minimum absolute atomic E-state index is 0.0177. The number of rotatable bonds is 15. The van der Waals surface area contributed by atoms with Gasteiger partial charge in [-0.05, 0) is 55.2 Å². The Labute approximate surface area is 332 Å². The van der Waals surface area contributed by atoms with Crippen molar-refractivity contribution in [2.24, 2.45) is 0 Å². The molecule has 56 heavy (non-hydrogen) atoms. The van der Waals surface area contributed by atoms with Crippen molar-refractivity contribution in [2.45, 2.75) is 97.2 Å². The summed E-state index contributed by atoms with van der Waals surface area (Å²) >= 11 is 0. The predicted octanol–water partition coefficient (Wildman–Crippen LogP) is 7.70. The van der Waals surface area contributed by atoms with Crippen molar-refractivity contribution in [3.8, 4) is 11.3 Å². The first-order valence-electron chi connectivity index (χ1n) is 20.1. The lowest BCUT2D eigenvalue weighted by Crippen LogP contribution is -2.42. The van der Waals surface area contributed by atoms with Crippen molar-refractivity contribution >= 4 is 44.5 Å². The summed E-state index contributed by atoms with van der Waals surface area (Å²) in [4.78, 5) is 36.3. The molecule has 3 aromatic heterocycles. The Balaban J connectivity index is 1.32. The Kier molecular flexibility index (Phi) is 11.6. The van der Waals surface area contributed by atoms with Crippen LogP contribution in [-0.4, -0.2) is 89.8 Å². The van der Waals surface area contributed by atoms with E-state index in [4.69, 9.17) is 19.7 Å². The summed E-state index contributed by atoms with van der Waals surface area (Å²) in [5, 5.41) is 14.3. The number of likely N-dealkylation sites (N-methyl/N-ethyl adjacent to an activating group) is 1. The van der Waals surface area contributed by atoms with Crippen molar-refractivity contribution in [1.82, 2.24) is 34.3 Å². The van der Waals surface area contributed by atoms with Gasteiger partial charge in [-0.2, -0.15) is 10.2 Å². The lowest BCUT2D eigenvalue weighted by Gasteiger charge is -2.36. The third-order valence-electron chi connectivity index (χ3n) is 10.8. The third kappa shape index (κ3) is 8.79. The van der Waals surface area contributed by atoms with E-state index >= 15 is 0 Å². The second-order valence-electron chi connectivity index (χ2n) is 17.7. The number of nitrogens with zero attached hydrogens (tertiary/aromatic N) is 6. The number of nitrogens with one attached hydrogen (secondary N) is 2. The first kappa shape index (κ1) is 39.9. The molecule has 0 saturated heterocycles. The van der Waals surface area contributed by atoms with Crippen molar-refractivity contribution in [3.05, 3.63) is 93.0 Å². The highest BCUT2D eigenvalue weighted by Gasteiger charge is 2.36. The molecule has 0 saturated carbocycles. The van der Waals surface area contributed by atoms with E-state index in [0.717, 1.165) is 70.6 Å². The second-order valence-corrected chi connectivity index (χ2v) is 29.0. The minimum Gasteiger partial charge on any atom is -0.359 e. The molecule has 14 heteroatoms. The number of amides is 1. The Morgan fingerprint density at radius 3 is 2.45 bits per heavy atom. The van der Waals surface area contributed by atoms with Gasteiger partial charge in [-0.25, -0.2) is 4.68 Å². The summed E-state index contributed by atoms with van der Waals surface area (Å²) in [6.45, 7) is 20.1. The summed E-state index contributed by atoms with van der Waals surface area (Å²) < 4.78 is 16.5. The number of carbonyl (C=O) groups is 1. The summed E-state index contributed by atoms with van der Waals surface area (Å²) in [6.07, 6.45) is 0.740. The van der Waals surface area contributed by atoms with Gasteiger partial charge in [-0.1, -0.05) is 82.6 Å². The molecular formula is C42H58N8O4Si2. The number of hydrogen-bond donors (Lipinski definition) is 2. The fraction of sp³-hybridized carbons (Fsp3) is 0.476. The predicted molar refractivity (Wildman–Crippen MR) is 229 cm³/mol. The number of aromatic amines is 1. The average Bonchev–Trinajstić information content (AvgIpc) is 3.73. The van der Waals surface area contributed by atoms with E-state index < -0.39 is 22.4 Å². The van der Waals surface area contributed by atoms with E-state index in [-0.39, 0.29) is 18.2 Å². The number of anilines is 2. The van der Waals surface area contributed by atoms with Crippen LogP contribution in [0.15, 0.2) is 59.4 Å². The van der Waals surface area contributed by atoms with Gasteiger partial charge in [0.15, 0.2) is 12.0 Å². The number of carbonyl (C=O) groups excluding carboxylic acids is 1. The van der Waals surface area contributed by atoms with Crippen molar-refractivity contribution < 1.29 is 14.3 Å². The Bertz CT molecular complexity index is 2270. The van der Waals surface area contributed by atoms with Gasteiger partial charge in [-0.15, -0.1) is 0 Å². The van der Waals surface area contributed by atoms with Crippen LogP contribution in [0, 0.1) is 0 Å². The molecule has 5 aromatic rings. The first-order chi connectivity index (χ1) is 26.7. The van der Waals surface area contributed by atoms with Crippen molar-refractivity contribution in [1.29, 1.82) is 0 Å². The Hall–Kier alpha value is -4.35. The smallest absolute Gasteiger partial charge is 0.292 e. The zero-order valence-corrected chi connectivity index (χ0v) is 36.4. The van der Waals surface area contributed by atoms with Crippen LogP contribution in [0.1, 0.15) is 46.0 Å². The molecule has 2 aliphatic heterocycles. The number of hydrogen-bond acceptors (Lipinski definition) is 8. The monoisotopic (exact) mass is 794 g/mol. The molecule has 1 amide bonds. The van der Waals surface area contributed by atoms with E-state index in [2.05, 4.69) is 86.7 Å². The van der Waals surface area contributed by atoms with Crippen LogP contribution >= 0.6 is 0 Å². The molecule has 0 radical (unpaired) electrons. The maximum atomic E-state index is 14.6. The quantitative estimate of drug-likeness (QED) is 0.0817. The van der Waals surface area contributed by atoms with Gasteiger partial charge in [0.2, 0.25) is 0 Å². The maximum Gasteiger partial charge on any atom is 0.292 e.